The molecule has 0 fully saturated rings. The van der Waals surface area contributed by atoms with Gasteiger partial charge in [-0.05, 0) is 36.7 Å². The van der Waals surface area contributed by atoms with Crippen molar-refractivity contribution >= 4 is 23.4 Å². The van der Waals surface area contributed by atoms with Gasteiger partial charge in [0.25, 0.3) is 0 Å². The van der Waals surface area contributed by atoms with E-state index in [-0.39, 0.29) is 0 Å². The molecule has 0 saturated heterocycles. The standard InChI is InChI=1S/C12H12ClN3S/c13-10-1-2-11(9(7-10)3-4-14)17-12-8-15-5-6-16-12/h1-2,5-8H,3-4,14H2. The van der Waals surface area contributed by atoms with E-state index in [1.807, 2.05) is 18.2 Å². The molecule has 88 valence electrons. The van der Waals surface area contributed by atoms with Gasteiger partial charge in [0.1, 0.15) is 5.03 Å². The first-order valence-corrected chi connectivity index (χ1v) is 6.41. The molecule has 0 amide bonds. The molecule has 1 heterocycles. The van der Waals surface area contributed by atoms with Crippen LogP contribution in [0.5, 0.6) is 0 Å². The summed E-state index contributed by atoms with van der Waals surface area (Å²) in [6.45, 7) is 0.606. The molecule has 2 aromatic rings. The van der Waals surface area contributed by atoms with E-state index in [9.17, 15) is 0 Å². The van der Waals surface area contributed by atoms with Crippen LogP contribution in [-0.4, -0.2) is 16.5 Å². The number of rotatable bonds is 4. The van der Waals surface area contributed by atoms with E-state index in [2.05, 4.69) is 9.97 Å². The zero-order chi connectivity index (χ0) is 12.1. The van der Waals surface area contributed by atoms with Gasteiger partial charge < -0.3 is 5.73 Å². The van der Waals surface area contributed by atoms with Crippen LogP contribution in [-0.2, 0) is 6.42 Å². The summed E-state index contributed by atoms with van der Waals surface area (Å²) in [5.74, 6) is 0. The highest BCUT2D eigenvalue weighted by molar-refractivity contribution is 7.99. The van der Waals surface area contributed by atoms with Gasteiger partial charge in [0, 0.05) is 22.3 Å². The lowest BCUT2D eigenvalue weighted by Crippen LogP contribution is -2.03. The number of aromatic nitrogens is 2. The Bertz CT molecular complexity index is 490. The van der Waals surface area contributed by atoms with Crippen LogP contribution < -0.4 is 5.73 Å². The Morgan fingerprint density at radius 1 is 1.29 bits per heavy atom. The number of nitrogens with two attached hydrogens (primary N) is 1. The lowest BCUT2D eigenvalue weighted by Gasteiger charge is -2.08. The molecule has 1 aromatic heterocycles. The minimum atomic E-state index is 0.606. The zero-order valence-corrected chi connectivity index (χ0v) is 10.7. The van der Waals surface area contributed by atoms with Crippen LogP contribution in [0.4, 0.5) is 0 Å². The maximum Gasteiger partial charge on any atom is 0.119 e. The minimum absolute atomic E-state index is 0.606. The summed E-state index contributed by atoms with van der Waals surface area (Å²) < 4.78 is 0. The van der Waals surface area contributed by atoms with Gasteiger partial charge in [-0.3, -0.25) is 4.98 Å². The summed E-state index contributed by atoms with van der Waals surface area (Å²) in [4.78, 5) is 9.40. The van der Waals surface area contributed by atoms with Gasteiger partial charge in [-0.2, -0.15) is 0 Å². The number of nitrogens with zero attached hydrogens (tertiary/aromatic N) is 2. The molecular formula is C12H12ClN3S. The summed E-state index contributed by atoms with van der Waals surface area (Å²) in [5, 5.41) is 1.60. The zero-order valence-electron chi connectivity index (χ0n) is 9.14. The van der Waals surface area contributed by atoms with Crippen LogP contribution in [0, 0.1) is 0 Å². The van der Waals surface area contributed by atoms with Crippen molar-refractivity contribution in [1.29, 1.82) is 0 Å². The average molecular weight is 266 g/mol. The van der Waals surface area contributed by atoms with Crippen molar-refractivity contribution in [2.24, 2.45) is 5.73 Å². The first kappa shape index (κ1) is 12.4. The molecule has 0 unspecified atom stereocenters. The fraction of sp³-hybridized carbons (Fsp3) is 0.167. The number of hydrogen-bond donors (Lipinski definition) is 1. The van der Waals surface area contributed by atoms with Gasteiger partial charge in [-0.1, -0.05) is 23.4 Å². The van der Waals surface area contributed by atoms with Crippen LogP contribution in [0.1, 0.15) is 5.56 Å². The highest BCUT2D eigenvalue weighted by atomic mass is 35.5. The van der Waals surface area contributed by atoms with Gasteiger partial charge in [0.05, 0.1) is 6.20 Å². The largest absolute Gasteiger partial charge is 0.330 e. The molecule has 0 saturated carbocycles. The summed E-state index contributed by atoms with van der Waals surface area (Å²) in [6, 6.07) is 5.82. The van der Waals surface area contributed by atoms with E-state index in [1.165, 1.54) is 0 Å². The molecule has 0 bridgehead atoms. The predicted octanol–water partition coefficient (Wildman–Crippen LogP) is 2.78. The fourth-order valence-corrected chi connectivity index (χ4v) is 2.52. The molecule has 0 aliphatic rings. The second-order valence-electron chi connectivity index (χ2n) is 3.44. The Hall–Kier alpha value is -1.10. The topological polar surface area (TPSA) is 51.8 Å². The summed E-state index contributed by atoms with van der Waals surface area (Å²) in [6.07, 6.45) is 5.89. The quantitative estimate of drug-likeness (QED) is 0.924. The van der Waals surface area contributed by atoms with E-state index >= 15 is 0 Å². The van der Waals surface area contributed by atoms with Crippen molar-refractivity contribution in [3.8, 4) is 0 Å². The van der Waals surface area contributed by atoms with Gasteiger partial charge in [-0.25, -0.2) is 4.98 Å². The van der Waals surface area contributed by atoms with Crippen molar-refractivity contribution in [1.82, 2.24) is 9.97 Å². The summed E-state index contributed by atoms with van der Waals surface area (Å²) in [5.41, 5.74) is 6.74. The molecular weight excluding hydrogens is 254 g/mol. The minimum Gasteiger partial charge on any atom is -0.330 e. The molecule has 2 rings (SSSR count). The number of halogens is 1. The third kappa shape index (κ3) is 3.43. The van der Waals surface area contributed by atoms with Crippen molar-refractivity contribution in [3.63, 3.8) is 0 Å². The molecule has 0 atom stereocenters. The van der Waals surface area contributed by atoms with Crippen molar-refractivity contribution in [2.75, 3.05) is 6.54 Å². The monoisotopic (exact) mass is 265 g/mol. The maximum absolute atomic E-state index is 5.98. The van der Waals surface area contributed by atoms with Crippen molar-refractivity contribution in [3.05, 3.63) is 47.4 Å². The smallest absolute Gasteiger partial charge is 0.119 e. The van der Waals surface area contributed by atoms with E-state index in [0.29, 0.717) is 6.54 Å². The lowest BCUT2D eigenvalue weighted by molar-refractivity contribution is 0.943. The molecule has 5 heteroatoms. The Kier molecular flexibility index (Phi) is 4.36. The van der Waals surface area contributed by atoms with Gasteiger partial charge in [0.2, 0.25) is 0 Å². The molecule has 0 spiro atoms. The molecule has 0 radical (unpaired) electrons. The van der Waals surface area contributed by atoms with Crippen LogP contribution in [0.2, 0.25) is 5.02 Å². The Balaban J connectivity index is 2.26. The summed E-state index contributed by atoms with van der Waals surface area (Å²) >= 11 is 7.55. The molecule has 17 heavy (non-hydrogen) atoms. The Labute approximate surface area is 109 Å². The fourth-order valence-electron chi connectivity index (χ4n) is 1.45. The van der Waals surface area contributed by atoms with Crippen molar-refractivity contribution in [2.45, 2.75) is 16.3 Å². The SMILES string of the molecule is NCCc1cc(Cl)ccc1Sc1cnccn1. The van der Waals surface area contributed by atoms with Crippen LogP contribution in [0.3, 0.4) is 0 Å². The van der Waals surface area contributed by atoms with Crippen LogP contribution in [0.25, 0.3) is 0 Å². The highest BCUT2D eigenvalue weighted by Gasteiger charge is 2.05. The Morgan fingerprint density at radius 2 is 2.18 bits per heavy atom. The van der Waals surface area contributed by atoms with Crippen LogP contribution >= 0.6 is 23.4 Å². The van der Waals surface area contributed by atoms with Gasteiger partial charge >= 0.3 is 0 Å². The molecule has 3 nitrogen and oxygen atoms in total. The summed E-state index contributed by atoms with van der Waals surface area (Å²) in [7, 11) is 0. The molecule has 0 aliphatic carbocycles. The molecule has 1 aromatic carbocycles. The maximum atomic E-state index is 5.98. The second kappa shape index (κ2) is 6.00. The van der Waals surface area contributed by atoms with Gasteiger partial charge in [0.15, 0.2) is 0 Å². The number of hydrogen-bond acceptors (Lipinski definition) is 4. The van der Waals surface area contributed by atoms with E-state index < -0.39 is 0 Å². The third-order valence-electron chi connectivity index (χ3n) is 2.19. The third-order valence-corrected chi connectivity index (χ3v) is 3.46. The first-order valence-electron chi connectivity index (χ1n) is 5.22. The predicted molar refractivity (Wildman–Crippen MR) is 70.4 cm³/mol. The normalized spacial score (nSPS) is 10.5. The molecule has 0 aliphatic heterocycles. The Morgan fingerprint density at radius 3 is 2.88 bits per heavy atom. The average Bonchev–Trinajstić information content (AvgIpc) is 2.34. The lowest BCUT2D eigenvalue weighted by atomic mass is 10.1. The number of benzene rings is 1. The van der Waals surface area contributed by atoms with Gasteiger partial charge in [-0.15, -0.1) is 0 Å². The van der Waals surface area contributed by atoms with E-state index in [1.54, 1.807) is 30.4 Å². The second-order valence-corrected chi connectivity index (χ2v) is 4.94. The van der Waals surface area contributed by atoms with Crippen LogP contribution in [0.15, 0.2) is 46.7 Å². The highest BCUT2D eigenvalue weighted by Crippen LogP contribution is 2.30. The molecule has 2 N–H and O–H groups in total. The van der Waals surface area contributed by atoms with Crippen molar-refractivity contribution < 1.29 is 0 Å². The first-order chi connectivity index (χ1) is 8.29. The van der Waals surface area contributed by atoms with E-state index in [0.717, 1.165) is 26.9 Å². The van der Waals surface area contributed by atoms with E-state index in [4.69, 9.17) is 17.3 Å².